The molecule has 0 bridgehead atoms. The molecule has 1 aliphatic carbocycles. The van der Waals surface area contributed by atoms with E-state index < -0.39 is 0 Å². The van der Waals surface area contributed by atoms with Gasteiger partial charge in [-0.1, -0.05) is 0 Å². The van der Waals surface area contributed by atoms with Gasteiger partial charge >= 0.3 is 0 Å². The molecule has 1 saturated carbocycles. The fraction of sp³-hybridized carbons (Fsp3) is 0.714. The molecule has 2 fully saturated rings. The average molecular weight is 262 g/mol. The molecule has 3 rings (SSSR count). The number of aldehydes is 1. The van der Waals surface area contributed by atoms with Crippen molar-refractivity contribution in [2.24, 2.45) is 13.0 Å². The molecule has 2 aliphatic rings. The Hall–Kier alpha value is -1.36. The second-order valence-electron chi connectivity index (χ2n) is 5.80. The Morgan fingerprint density at radius 1 is 1.26 bits per heavy atom. The van der Waals surface area contributed by atoms with Crippen molar-refractivity contribution in [1.82, 2.24) is 14.7 Å². The molecule has 0 spiro atoms. The fourth-order valence-corrected chi connectivity index (χ4v) is 2.98. The third-order valence-electron chi connectivity index (χ3n) is 4.24. The highest BCUT2D eigenvalue weighted by Gasteiger charge is 2.28. The number of rotatable bonds is 4. The molecule has 0 aromatic carbocycles. The zero-order chi connectivity index (χ0) is 13.4. The number of hydrogen-bond acceptors (Lipinski definition) is 4. The smallest absolute Gasteiger partial charge is 0.155 e. The average Bonchev–Trinajstić information content (AvgIpc) is 3.15. The Labute approximate surface area is 114 Å². The van der Waals surface area contributed by atoms with E-state index in [0.29, 0.717) is 0 Å². The van der Waals surface area contributed by atoms with E-state index in [1.807, 2.05) is 18.7 Å². The largest absolute Gasteiger partial charge is 0.354 e. The van der Waals surface area contributed by atoms with Crippen LogP contribution in [-0.4, -0.2) is 53.7 Å². The molecule has 19 heavy (non-hydrogen) atoms. The lowest BCUT2D eigenvalue weighted by Crippen LogP contribution is -2.47. The molecular formula is C14H22N4O. The zero-order valence-electron chi connectivity index (χ0n) is 11.8. The number of aromatic nitrogens is 2. The molecule has 0 atom stereocenters. The summed E-state index contributed by atoms with van der Waals surface area (Å²) in [4.78, 5) is 16.1. The van der Waals surface area contributed by atoms with Gasteiger partial charge in [-0.2, -0.15) is 5.10 Å². The van der Waals surface area contributed by atoms with E-state index >= 15 is 0 Å². The van der Waals surface area contributed by atoms with Gasteiger partial charge in [-0.25, -0.2) is 0 Å². The number of piperazine rings is 1. The van der Waals surface area contributed by atoms with Crippen LogP contribution in [0.25, 0.3) is 0 Å². The summed E-state index contributed by atoms with van der Waals surface area (Å²) in [7, 11) is 1.92. The first-order chi connectivity index (χ1) is 9.19. The molecule has 1 saturated heterocycles. The molecule has 5 nitrogen and oxygen atoms in total. The second-order valence-corrected chi connectivity index (χ2v) is 5.80. The van der Waals surface area contributed by atoms with E-state index in [0.717, 1.165) is 55.5 Å². The molecule has 2 heterocycles. The van der Waals surface area contributed by atoms with Gasteiger partial charge in [0.15, 0.2) is 6.29 Å². The number of nitrogens with zero attached hydrogens (tertiary/aromatic N) is 4. The SMILES string of the molecule is Cc1nn(C)c(N2CCN(CC3CC3)CC2)c1C=O. The molecule has 104 valence electrons. The summed E-state index contributed by atoms with van der Waals surface area (Å²) >= 11 is 0. The van der Waals surface area contributed by atoms with Crippen LogP contribution in [0.5, 0.6) is 0 Å². The van der Waals surface area contributed by atoms with Crippen LogP contribution in [0.15, 0.2) is 0 Å². The highest BCUT2D eigenvalue weighted by atomic mass is 16.1. The summed E-state index contributed by atoms with van der Waals surface area (Å²) in [6, 6.07) is 0. The van der Waals surface area contributed by atoms with E-state index in [2.05, 4.69) is 14.9 Å². The predicted octanol–water partition coefficient (Wildman–Crippen LogP) is 1.07. The van der Waals surface area contributed by atoms with Gasteiger partial charge in [-0.15, -0.1) is 0 Å². The minimum Gasteiger partial charge on any atom is -0.354 e. The van der Waals surface area contributed by atoms with Gasteiger partial charge in [0.25, 0.3) is 0 Å². The highest BCUT2D eigenvalue weighted by Crippen LogP contribution is 2.30. The molecule has 1 aromatic heterocycles. The number of anilines is 1. The lowest BCUT2D eigenvalue weighted by molar-refractivity contribution is 0.112. The first-order valence-corrected chi connectivity index (χ1v) is 7.15. The maximum atomic E-state index is 11.2. The zero-order valence-corrected chi connectivity index (χ0v) is 11.8. The van der Waals surface area contributed by atoms with Gasteiger partial charge in [0.1, 0.15) is 5.82 Å². The van der Waals surface area contributed by atoms with Crippen LogP contribution in [0.2, 0.25) is 0 Å². The van der Waals surface area contributed by atoms with Crippen LogP contribution in [0.1, 0.15) is 28.9 Å². The Kier molecular flexibility index (Phi) is 3.31. The Morgan fingerprint density at radius 2 is 1.95 bits per heavy atom. The van der Waals surface area contributed by atoms with Crippen LogP contribution in [-0.2, 0) is 7.05 Å². The molecule has 0 N–H and O–H groups in total. The van der Waals surface area contributed by atoms with E-state index in [1.165, 1.54) is 19.4 Å². The molecule has 1 aromatic rings. The lowest BCUT2D eigenvalue weighted by atomic mass is 10.2. The summed E-state index contributed by atoms with van der Waals surface area (Å²) in [5, 5.41) is 4.36. The van der Waals surface area contributed by atoms with Crippen molar-refractivity contribution in [3.63, 3.8) is 0 Å². The van der Waals surface area contributed by atoms with Crippen molar-refractivity contribution >= 4 is 12.1 Å². The fourth-order valence-electron chi connectivity index (χ4n) is 2.98. The molecule has 1 aliphatic heterocycles. The molecule has 0 amide bonds. The van der Waals surface area contributed by atoms with Gasteiger partial charge in [0.2, 0.25) is 0 Å². The van der Waals surface area contributed by atoms with Crippen LogP contribution in [0.4, 0.5) is 5.82 Å². The van der Waals surface area contributed by atoms with Crippen LogP contribution in [0.3, 0.4) is 0 Å². The molecule has 0 radical (unpaired) electrons. The van der Waals surface area contributed by atoms with Crippen molar-refractivity contribution < 1.29 is 4.79 Å². The van der Waals surface area contributed by atoms with Gasteiger partial charge < -0.3 is 4.90 Å². The number of hydrogen-bond donors (Lipinski definition) is 0. The molecule has 5 heteroatoms. The minimum absolute atomic E-state index is 0.748. The predicted molar refractivity (Wildman–Crippen MR) is 74.7 cm³/mol. The Bertz CT molecular complexity index is 470. The highest BCUT2D eigenvalue weighted by molar-refractivity contribution is 5.84. The summed E-state index contributed by atoms with van der Waals surface area (Å²) in [6.07, 6.45) is 3.76. The summed E-state index contributed by atoms with van der Waals surface area (Å²) in [5.74, 6) is 1.94. The van der Waals surface area contributed by atoms with Crippen LogP contribution < -0.4 is 4.90 Å². The monoisotopic (exact) mass is 262 g/mol. The van der Waals surface area contributed by atoms with Crippen molar-refractivity contribution in [2.45, 2.75) is 19.8 Å². The van der Waals surface area contributed by atoms with Gasteiger partial charge in [0, 0.05) is 39.8 Å². The standard InChI is InChI=1S/C14H22N4O/c1-11-13(10-19)14(16(2)15-11)18-7-5-17(6-8-18)9-12-3-4-12/h10,12H,3-9H2,1-2H3. The van der Waals surface area contributed by atoms with Crippen molar-refractivity contribution in [3.05, 3.63) is 11.3 Å². The Balaban J connectivity index is 1.68. The van der Waals surface area contributed by atoms with Crippen molar-refractivity contribution in [3.8, 4) is 0 Å². The summed E-state index contributed by atoms with van der Waals surface area (Å²) in [5.41, 5.74) is 1.58. The molecular weight excluding hydrogens is 240 g/mol. The van der Waals surface area contributed by atoms with Crippen LogP contribution in [0, 0.1) is 12.8 Å². The topological polar surface area (TPSA) is 41.4 Å². The maximum Gasteiger partial charge on any atom is 0.155 e. The van der Waals surface area contributed by atoms with Crippen molar-refractivity contribution in [1.29, 1.82) is 0 Å². The van der Waals surface area contributed by atoms with E-state index in [1.54, 1.807) is 0 Å². The van der Waals surface area contributed by atoms with Crippen LogP contribution >= 0.6 is 0 Å². The second kappa shape index (κ2) is 4.96. The maximum absolute atomic E-state index is 11.2. The first-order valence-electron chi connectivity index (χ1n) is 7.15. The quantitative estimate of drug-likeness (QED) is 0.761. The van der Waals surface area contributed by atoms with E-state index in [9.17, 15) is 4.79 Å². The normalized spacial score (nSPS) is 20.8. The minimum atomic E-state index is 0.748. The third-order valence-corrected chi connectivity index (χ3v) is 4.24. The van der Waals surface area contributed by atoms with E-state index in [-0.39, 0.29) is 0 Å². The van der Waals surface area contributed by atoms with Crippen molar-refractivity contribution in [2.75, 3.05) is 37.6 Å². The lowest BCUT2D eigenvalue weighted by Gasteiger charge is -2.36. The third kappa shape index (κ3) is 2.52. The number of carbonyl (C=O) groups is 1. The van der Waals surface area contributed by atoms with Gasteiger partial charge in [0.05, 0.1) is 11.3 Å². The van der Waals surface area contributed by atoms with Gasteiger partial charge in [-0.3, -0.25) is 14.4 Å². The van der Waals surface area contributed by atoms with Gasteiger partial charge in [-0.05, 0) is 25.7 Å². The number of carbonyl (C=O) groups excluding carboxylic acids is 1. The van der Waals surface area contributed by atoms with E-state index in [4.69, 9.17) is 0 Å². The molecule has 0 unspecified atom stereocenters. The first kappa shape index (κ1) is 12.7. The summed E-state index contributed by atoms with van der Waals surface area (Å²) in [6.45, 7) is 7.34. The number of aryl methyl sites for hydroxylation is 2. The summed E-state index contributed by atoms with van der Waals surface area (Å²) < 4.78 is 1.84. The Morgan fingerprint density at radius 3 is 2.53 bits per heavy atom.